The number of carbonyl (C=O) groups excluding carboxylic acids is 1. The topological polar surface area (TPSA) is 29.5 Å². The van der Waals surface area contributed by atoms with Gasteiger partial charge in [0.15, 0.2) is 0 Å². The first-order chi connectivity index (χ1) is 9.24. The summed E-state index contributed by atoms with van der Waals surface area (Å²) in [6.07, 6.45) is 0.826. The highest BCUT2D eigenvalue weighted by Crippen LogP contribution is 2.29. The molecule has 1 atom stereocenters. The van der Waals surface area contributed by atoms with Crippen LogP contribution in [0.2, 0.25) is 0 Å². The van der Waals surface area contributed by atoms with Crippen LogP contribution in [-0.4, -0.2) is 29.7 Å². The van der Waals surface area contributed by atoms with E-state index in [4.69, 9.17) is 4.74 Å². The SMILES string of the molecule is Cc1cc(C)cc(C2CCN(C(=O)OC(C)(C)C)C2)c1. The minimum Gasteiger partial charge on any atom is -0.444 e. The third-order valence-corrected chi connectivity index (χ3v) is 3.56. The standard InChI is InChI=1S/C17H25NO2/c1-12-8-13(2)10-15(9-12)14-6-7-18(11-14)16(19)20-17(3,4)5/h8-10,14H,6-7,11H2,1-5H3. The quantitative estimate of drug-likeness (QED) is 0.774. The maximum Gasteiger partial charge on any atom is 0.410 e. The molecule has 1 amide bonds. The summed E-state index contributed by atoms with van der Waals surface area (Å²) in [6, 6.07) is 6.65. The highest BCUT2D eigenvalue weighted by atomic mass is 16.6. The van der Waals surface area contributed by atoms with Gasteiger partial charge in [-0.05, 0) is 46.6 Å². The van der Waals surface area contributed by atoms with Crippen LogP contribution in [0.3, 0.4) is 0 Å². The minimum atomic E-state index is -0.422. The lowest BCUT2D eigenvalue weighted by molar-refractivity contribution is 0.0292. The van der Waals surface area contributed by atoms with Crippen molar-refractivity contribution in [1.82, 2.24) is 4.90 Å². The number of ether oxygens (including phenoxy) is 1. The van der Waals surface area contributed by atoms with Crippen LogP contribution in [0, 0.1) is 13.8 Å². The van der Waals surface area contributed by atoms with Gasteiger partial charge in [0, 0.05) is 19.0 Å². The van der Waals surface area contributed by atoms with Gasteiger partial charge in [-0.2, -0.15) is 0 Å². The van der Waals surface area contributed by atoms with E-state index in [0.717, 1.165) is 19.5 Å². The normalized spacial score (nSPS) is 19.2. The molecule has 1 fully saturated rings. The Morgan fingerprint density at radius 1 is 1.20 bits per heavy atom. The molecule has 110 valence electrons. The van der Waals surface area contributed by atoms with Crippen LogP contribution in [0.1, 0.15) is 49.8 Å². The number of amides is 1. The van der Waals surface area contributed by atoms with Crippen molar-refractivity contribution in [2.45, 2.75) is 52.6 Å². The molecule has 3 heteroatoms. The van der Waals surface area contributed by atoms with E-state index in [1.807, 2.05) is 25.7 Å². The monoisotopic (exact) mass is 275 g/mol. The highest BCUT2D eigenvalue weighted by molar-refractivity contribution is 5.68. The first-order valence-electron chi connectivity index (χ1n) is 7.31. The molecule has 1 aliphatic rings. The van der Waals surface area contributed by atoms with E-state index in [9.17, 15) is 4.79 Å². The fraction of sp³-hybridized carbons (Fsp3) is 0.588. The van der Waals surface area contributed by atoms with Crippen LogP contribution in [0.4, 0.5) is 4.79 Å². The predicted octanol–water partition coefficient (Wildman–Crippen LogP) is 4.03. The number of nitrogens with zero attached hydrogens (tertiary/aromatic N) is 1. The number of likely N-dealkylation sites (tertiary alicyclic amines) is 1. The van der Waals surface area contributed by atoms with E-state index in [1.165, 1.54) is 16.7 Å². The smallest absolute Gasteiger partial charge is 0.410 e. The van der Waals surface area contributed by atoms with Gasteiger partial charge in [0.1, 0.15) is 5.60 Å². The van der Waals surface area contributed by atoms with Crippen LogP contribution >= 0.6 is 0 Å². The van der Waals surface area contributed by atoms with E-state index < -0.39 is 5.60 Å². The van der Waals surface area contributed by atoms with Gasteiger partial charge in [-0.15, -0.1) is 0 Å². The zero-order valence-electron chi connectivity index (χ0n) is 13.2. The Morgan fingerprint density at radius 3 is 2.35 bits per heavy atom. The molecule has 1 aliphatic heterocycles. The van der Waals surface area contributed by atoms with Crippen LogP contribution in [0.25, 0.3) is 0 Å². The zero-order chi connectivity index (χ0) is 14.9. The van der Waals surface area contributed by atoms with Gasteiger partial charge in [0.25, 0.3) is 0 Å². The Morgan fingerprint density at radius 2 is 1.80 bits per heavy atom. The molecule has 0 bridgehead atoms. The zero-order valence-corrected chi connectivity index (χ0v) is 13.2. The van der Waals surface area contributed by atoms with Gasteiger partial charge in [0.2, 0.25) is 0 Å². The molecule has 0 spiro atoms. The molecule has 3 nitrogen and oxygen atoms in total. The Labute approximate surface area is 121 Å². The summed E-state index contributed by atoms with van der Waals surface area (Å²) in [7, 11) is 0. The fourth-order valence-corrected chi connectivity index (χ4v) is 2.77. The second-order valence-electron chi connectivity index (χ2n) is 6.83. The van der Waals surface area contributed by atoms with Crippen molar-refractivity contribution in [2.24, 2.45) is 0 Å². The highest BCUT2D eigenvalue weighted by Gasteiger charge is 2.30. The van der Waals surface area contributed by atoms with Gasteiger partial charge in [-0.3, -0.25) is 0 Å². The van der Waals surface area contributed by atoms with Gasteiger partial charge >= 0.3 is 6.09 Å². The summed E-state index contributed by atoms with van der Waals surface area (Å²) in [5.41, 5.74) is 3.50. The van der Waals surface area contributed by atoms with E-state index in [-0.39, 0.29) is 6.09 Å². The number of hydrogen-bond donors (Lipinski definition) is 0. The third-order valence-electron chi connectivity index (χ3n) is 3.56. The van der Waals surface area contributed by atoms with Crippen molar-refractivity contribution in [3.63, 3.8) is 0 Å². The van der Waals surface area contributed by atoms with Gasteiger partial charge in [0.05, 0.1) is 0 Å². The third kappa shape index (κ3) is 3.75. The lowest BCUT2D eigenvalue weighted by Crippen LogP contribution is -2.35. The Kier molecular flexibility index (Phi) is 4.07. The van der Waals surface area contributed by atoms with Crippen molar-refractivity contribution in [1.29, 1.82) is 0 Å². The number of aryl methyl sites for hydroxylation is 2. The molecule has 1 aromatic rings. The van der Waals surface area contributed by atoms with Gasteiger partial charge < -0.3 is 9.64 Å². The van der Waals surface area contributed by atoms with Gasteiger partial charge in [-0.1, -0.05) is 29.3 Å². The summed E-state index contributed by atoms with van der Waals surface area (Å²) in [6.45, 7) is 11.5. The van der Waals surface area contributed by atoms with Crippen molar-refractivity contribution < 1.29 is 9.53 Å². The average molecular weight is 275 g/mol. The maximum absolute atomic E-state index is 12.1. The van der Waals surface area contributed by atoms with Crippen molar-refractivity contribution in [3.05, 3.63) is 34.9 Å². The molecule has 0 radical (unpaired) electrons. The van der Waals surface area contributed by atoms with E-state index in [0.29, 0.717) is 5.92 Å². The van der Waals surface area contributed by atoms with Crippen LogP contribution in [-0.2, 0) is 4.74 Å². The number of carbonyl (C=O) groups is 1. The number of hydrogen-bond acceptors (Lipinski definition) is 2. The second kappa shape index (κ2) is 5.47. The minimum absolute atomic E-state index is 0.190. The lowest BCUT2D eigenvalue weighted by Gasteiger charge is -2.24. The van der Waals surface area contributed by atoms with Crippen LogP contribution < -0.4 is 0 Å². The molecular formula is C17H25NO2. The largest absolute Gasteiger partial charge is 0.444 e. The number of rotatable bonds is 1. The fourth-order valence-electron chi connectivity index (χ4n) is 2.77. The molecule has 1 unspecified atom stereocenters. The molecule has 0 aromatic heterocycles. The first-order valence-corrected chi connectivity index (χ1v) is 7.31. The Hall–Kier alpha value is -1.51. The van der Waals surface area contributed by atoms with Crippen molar-refractivity contribution in [3.8, 4) is 0 Å². The Bertz CT molecular complexity index is 482. The average Bonchev–Trinajstić information content (AvgIpc) is 2.74. The summed E-state index contributed by atoms with van der Waals surface area (Å²) in [4.78, 5) is 13.9. The molecule has 0 aliphatic carbocycles. The van der Waals surface area contributed by atoms with E-state index in [2.05, 4.69) is 32.0 Å². The molecule has 1 aromatic carbocycles. The number of benzene rings is 1. The molecule has 1 saturated heterocycles. The molecule has 0 N–H and O–H groups in total. The maximum atomic E-state index is 12.1. The summed E-state index contributed by atoms with van der Waals surface area (Å²) in [5.74, 6) is 0.432. The predicted molar refractivity (Wildman–Crippen MR) is 81.1 cm³/mol. The molecule has 1 heterocycles. The molecule has 20 heavy (non-hydrogen) atoms. The molecule has 0 saturated carbocycles. The van der Waals surface area contributed by atoms with Crippen LogP contribution in [0.5, 0.6) is 0 Å². The first kappa shape index (κ1) is 14.9. The van der Waals surface area contributed by atoms with Crippen molar-refractivity contribution in [2.75, 3.05) is 13.1 Å². The lowest BCUT2D eigenvalue weighted by atomic mass is 9.95. The van der Waals surface area contributed by atoms with E-state index >= 15 is 0 Å². The van der Waals surface area contributed by atoms with Gasteiger partial charge in [-0.25, -0.2) is 4.79 Å². The summed E-state index contributed by atoms with van der Waals surface area (Å²) < 4.78 is 5.44. The van der Waals surface area contributed by atoms with Crippen molar-refractivity contribution >= 4 is 6.09 Å². The molecule has 2 rings (SSSR count). The Balaban J connectivity index is 2.03. The second-order valence-corrected chi connectivity index (χ2v) is 6.83. The summed E-state index contributed by atoms with van der Waals surface area (Å²) in [5, 5.41) is 0. The van der Waals surface area contributed by atoms with E-state index in [1.54, 1.807) is 0 Å². The summed E-state index contributed by atoms with van der Waals surface area (Å²) >= 11 is 0. The van der Waals surface area contributed by atoms with Crippen LogP contribution in [0.15, 0.2) is 18.2 Å². The molecular weight excluding hydrogens is 250 g/mol.